The number of hydrogen-bond donors (Lipinski definition) is 1. The number of hydrogen-bond acceptors (Lipinski definition) is 6. The van der Waals surface area contributed by atoms with Gasteiger partial charge in [-0.3, -0.25) is 19.5 Å². The van der Waals surface area contributed by atoms with Crippen molar-refractivity contribution < 1.29 is 28.3 Å². The zero-order chi connectivity index (χ0) is 26.4. The molecule has 0 radical (unpaired) electrons. The number of aryl methyl sites for hydroxylation is 1. The summed E-state index contributed by atoms with van der Waals surface area (Å²) < 4.78 is 31.0. The number of allylic oxidation sites excluding steroid dienone is 4. The summed E-state index contributed by atoms with van der Waals surface area (Å²) in [6.45, 7) is 6.14. The predicted molar refractivity (Wildman–Crippen MR) is 138 cm³/mol. The van der Waals surface area contributed by atoms with Gasteiger partial charge in [0.25, 0.3) is 0 Å². The lowest BCUT2D eigenvalue weighted by Gasteiger charge is -2.62. The van der Waals surface area contributed by atoms with Gasteiger partial charge in [-0.2, -0.15) is 0 Å². The molecule has 1 N–H and O–H groups in total. The first kappa shape index (κ1) is 25.3. The number of hydroxylamine groups is 1. The fourth-order valence-electron chi connectivity index (χ4n) is 8.69. The number of anilines is 1. The standard InChI is InChI=1S/C29H33F2NO4S/c1-17-5-4-6-20(11-17)32-15-19-13-23-22-8-7-18-12-21(33)9-10-26(18,2)28(22,31)24(34)14-27(23,3)29(19,36-32)25(35)37-16-30/h4-6,9-12,19,22-24,34H,7-8,13-16H2,1-3H3/t19-,22-,23-,24-,26-,27-,28-,29-/m0/s1. The molecule has 4 aliphatic carbocycles. The van der Waals surface area contributed by atoms with Crippen molar-refractivity contribution >= 4 is 28.3 Å². The molecule has 0 unspecified atom stereocenters. The Morgan fingerprint density at radius 3 is 2.81 bits per heavy atom. The van der Waals surface area contributed by atoms with Gasteiger partial charge in [0.15, 0.2) is 17.1 Å². The third-order valence-corrected chi connectivity index (χ3v) is 11.1. The SMILES string of the molecule is Cc1cccc(N2C[C@@H]3C[C@H]4[C@@H]5CCC6=CC(=O)C=C[C@]6(C)[C@@]5(F)[C@@H](O)C[C@]4(C)[C@]3(C(=O)SCF)O2)c1. The number of halogens is 2. The molecule has 1 aromatic rings. The van der Waals surface area contributed by atoms with Crippen molar-refractivity contribution in [3.8, 4) is 0 Å². The number of nitrogens with zero attached hydrogens (tertiary/aromatic N) is 1. The van der Waals surface area contributed by atoms with E-state index in [-0.39, 0.29) is 29.2 Å². The highest BCUT2D eigenvalue weighted by Gasteiger charge is 2.79. The highest BCUT2D eigenvalue weighted by atomic mass is 32.2. The number of ketones is 1. The molecule has 4 fully saturated rings. The molecule has 8 heteroatoms. The Hall–Kier alpha value is -2.03. The molecule has 0 amide bonds. The monoisotopic (exact) mass is 529 g/mol. The summed E-state index contributed by atoms with van der Waals surface area (Å²) in [6.07, 6.45) is 4.80. The number of fused-ring (bicyclic) bond motifs is 7. The summed E-state index contributed by atoms with van der Waals surface area (Å²) >= 11 is 0.607. The van der Waals surface area contributed by atoms with E-state index < -0.39 is 40.1 Å². The minimum absolute atomic E-state index is 0.0199. The number of rotatable bonds is 3. The molecule has 8 atom stereocenters. The smallest absolute Gasteiger partial charge is 0.226 e. The largest absolute Gasteiger partial charge is 0.390 e. The van der Waals surface area contributed by atoms with Crippen LogP contribution in [0.25, 0.3) is 0 Å². The van der Waals surface area contributed by atoms with Crippen LogP contribution < -0.4 is 5.06 Å². The van der Waals surface area contributed by atoms with E-state index in [9.17, 15) is 19.1 Å². The Kier molecular flexibility index (Phi) is 5.62. The van der Waals surface area contributed by atoms with E-state index in [1.54, 1.807) is 18.1 Å². The second-order valence-electron chi connectivity index (χ2n) is 12.0. The Bertz CT molecular complexity index is 1240. The Morgan fingerprint density at radius 1 is 1.30 bits per heavy atom. The molecule has 0 spiro atoms. The van der Waals surface area contributed by atoms with Gasteiger partial charge in [-0.1, -0.05) is 42.5 Å². The number of aliphatic hydroxyl groups excluding tert-OH is 1. The predicted octanol–water partition coefficient (Wildman–Crippen LogP) is 5.27. The second kappa shape index (κ2) is 8.23. The Morgan fingerprint density at radius 2 is 2.08 bits per heavy atom. The maximum atomic E-state index is 17.4. The molecule has 0 aromatic heterocycles. The average molecular weight is 530 g/mol. The number of benzene rings is 1. The third-order valence-electron chi connectivity index (χ3n) is 10.4. The molecule has 198 valence electrons. The number of thioether (sulfide) groups is 1. The molecular formula is C29H33F2NO4S. The van der Waals surface area contributed by atoms with Crippen LogP contribution in [-0.4, -0.2) is 45.9 Å². The summed E-state index contributed by atoms with van der Waals surface area (Å²) in [4.78, 5) is 32.4. The Balaban J connectivity index is 1.43. The van der Waals surface area contributed by atoms with Crippen molar-refractivity contribution in [2.45, 2.75) is 63.8 Å². The van der Waals surface area contributed by atoms with Crippen molar-refractivity contribution in [1.29, 1.82) is 0 Å². The number of carbonyl (C=O) groups is 2. The van der Waals surface area contributed by atoms with E-state index in [0.29, 0.717) is 37.6 Å². The topological polar surface area (TPSA) is 66.8 Å². The van der Waals surface area contributed by atoms with E-state index in [1.807, 2.05) is 38.1 Å². The molecule has 5 aliphatic rings. The maximum absolute atomic E-state index is 17.4. The quantitative estimate of drug-likeness (QED) is 0.576. The van der Waals surface area contributed by atoms with Gasteiger partial charge < -0.3 is 5.11 Å². The minimum atomic E-state index is -1.98. The molecule has 1 aromatic carbocycles. The summed E-state index contributed by atoms with van der Waals surface area (Å²) in [5.41, 5.74) is -2.74. The lowest BCUT2D eigenvalue weighted by atomic mass is 9.45. The van der Waals surface area contributed by atoms with Gasteiger partial charge in [0.05, 0.1) is 18.3 Å². The van der Waals surface area contributed by atoms with Gasteiger partial charge in [-0.05, 0) is 75.3 Å². The van der Waals surface area contributed by atoms with Crippen LogP contribution in [0.3, 0.4) is 0 Å². The summed E-state index contributed by atoms with van der Waals surface area (Å²) in [6, 6.07) is 6.94. The lowest BCUT2D eigenvalue weighted by molar-refractivity contribution is -0.220. The lowest BCUT2D eigenvalue weighted by Crippen LogP contribution is -2.69. The zero-order valence-corrected chi connectivity index (χ0v) is 22.2. The Labute approximate surface area is 220 Å². The first-order valence-corrected chi connectivity index (χ1v) is 14.1. The van der Waals surface area contributed by atoms with E-state index in [1.165, 1.54) is 12.2 Å². The average Bonchev–Trinajstić information content (AvgIpc) is 3.35. The first-order chi connectivity index (χ1) is 17.5. The highest BCUT2D eigenvalue weighted by molar-refractivity contribution is 8.13. The van der Waals surface area contributed by atoms with Crippen LogP contribution in [0.1, 0.15) is 45.1 Å². The van der Waals surface area contributed by atoms with Gasteiger partial charge in [0.1, 0.15) is 6.01 Å². The third kappa shape index (κ3) is 3.09. The molecule has 1 heterocycles. The normalized spacial score (nSPS) is 44.1. The van der Waals surface area contributed by atoms with Crippen LogP contribution in [0.5, 0.6) is 0 Å². The van der Waals surface area contributed by atoms with Gasteiger partial charge in [0, 0.05) is 22.7 Å². The van der Waals surface area contributed by atoms with Crippen LogP contribution in [0.4, 0.5) is 14.5 Å². The molecular weight excluding hydrogens is 496 g/mol. The van der Waals surface area contributed by atoms with Gasteiger partial charge in [0.2, 0.25) is 5.12 Å². The van der Waals surface area contributed by atoms with Crippen LogP contribution in [0, 0.1) is 35.5 Å². The molecule has 5 nitrogen and oxygen atoms in total. The number of alkyl halides is 2. The molecule has 1 aliphatic heterocycles. The summed E-state index contributed by atoms with van der Waals surface area (Å²) in [7, 11) is 0. The summed E-state index contributed by atoms with van der Waals surface area (Å²) in [5, 5.41) is 13.0. The maximum Gasteiger partial charge on any atom is 0.226 e. The van der Waals surface area contributed by atoms with E-state index in [0.717, 1.165) is 16.8 Å². The minimum Gasteiger partial charge on any atom is -0.390 e. The van der Waals surface area contributed by atoms with Crippen molar-refractivity contribution in [3.05, 3.63) is 53.6 Å². The molecule has 3 saturated carbocycles. The van der Waals surface area contributed by atoms with Crippen LogP contribution in [-0.2, 0) is 14.4 Å². The molecule has 37 heavy (non-hydrogen) atoms. The number of aliphatic hydroxyl groups is 1. The molecule has 6 rings (SSSR count). The van der Waals surface area contributed by atoms with Gasteiger partial charge >= 0.3 is 0 Å². The van der Waals surface area contributed by atoms with Crippen LogP contribution in [0.2, 0.25) is 0 Å². The second-order valence-corrected chi connectivity index (χ2v) is 12.8. The first-order valence-electron chi connectivity index (χ1n) is 13.1. The highest BCUT2D eigenvalue weighted by Crippen LogP contribution is 2.73. The van der Waals surface area contributed by atoms with E-state index in [4.69, 9.17) is 4.84 Å². The van der Waals surface area contributed by atoms with Gasteiger partial charge in [-0.15, -0.1) is 0 Å². The fourth-order valence-corrected chi connectivity index (χ4v) is 9.44. The van der Waals surface area contributed by atoms with Crippen LogP contribution >= 0.6 is 11.8 Å². The summed E-state index contributed by atoms with van der Waals surface area (Å²) in [5.74, 6) is -1.18. The van der Waals surface area contributed by atoms with Crippen molar-refractivity contribution in [3.63, 3.8) is 0 Å². The fraction of sp³-hybridized carbons (Fsp3) is 0.586. The van der Waals surface area contributed by atoms with Crippen LogP contribution in [0.15, 0.2) is 48.1 Å². The van der Waals surface area contributed by atoms with Crippen molar-refractivity contribution in [2.24, 2.45) is 28.6 Å². The molecule has 0 bridgehead atoms. The zero-order valence-electron chi connectivity index (χ0n) is 21.4. The van der Waals surface area contributed by atoms with E-state index in [2.05, 4.69) is 0 Å². The van der Waals surface area contributed by atoms with Crippen molar-refractivity contribution in [2.75, 3.05) is 17.6 Å². The van der Waals surface area contributed by atoms with Crippen molar-refractivity contribution in [1.82, 2.24) is 0 Å². The number of carbonyl (C=O) groups excluding carboxylic acids is 2. The van der Waals surface area contributed by atoms with E-state index >= 15 is 4.39 Å². The van der Waals surface area contributed by atoms with Gasteiger partial charge in [-0.25, -0.2) is 8.78 Å². The molecule has 1 saturated heterocycles.